The van der Waals surface area contributed by atoms with Crippen molar-refractivity contribution in [2.75, 3.05) is 52.4 Å². The van der Waals surface area contributed by atoms with E-state index < -0.39 is 0 Å². The molecule has 1 fully saturated rings. The highest BCUT2D eigenvalue weighted by atomic mass is 16.5. The van der Waals surface area contributed by atoms with E-state index in [9.17, 15) is 4.79 Å². The first-order chi connectivity index (χ1) is 12.6. The smallest absolute Gasteiger partial charge is 0.221 e. The van der Waals surface area contributed by atoms with Crippen molar-refractivity contribution < 1.29 is 14.3 Å². The van der Waals surface area contributed by atoms with Gasteiger partial charge in [0.15, 0.2) is 5.96 Å². The van der Waals surface area contributed by atoms with Gasteiger partial charge in [-0.15, -0.1) is 0 Å². The number of carbonyl (C=O) groups is 1. The van der Waals surface area contributed by atoms with Gasteiger partial charge in [0, 0.05) is 52.3 Å². The molecule has 1 aromatic rings. The number of nitrogens with one attached hydrogen (secondary N) is 2. The van der Waals surface area contributed by atoms with Gasteiger partial charge < -0.3 is 25.0 Å². The number of benzene rings is 1. The number of ether oxygens (including phenoxy) is 2. The zero-order valence-electron chi connectivity index (χ0n) is 16.0. The van der Waals surface area contributed by atoms with Crippen molar-refractivity contribution >= 4 is 17.6 Å². The summed E-state index contributed by atoms with van der Waals surface area (Å²) in [6.07, 6.45) is 1.10. The molecule has 7 heteroatoms. The predicted octanol–water partition coefficient (Wildman–Crippen LogP) is 1.71. The third-order valence-electron chi connectivity index (χ3n) is 4.28. The van der Waals surface area contributed by atoms with Crippen LogP contribution in [0.2, 0.25) is 0 Å². The summed E-state index contributed by atoms with van der Waals surface area (Å²) in [5, 5.41) is 6.21. The van der Waals surface area contributed by atoms with Crippen LogP contribution in [0.4, 0.5) is 5.69 Å². The number of aliphatic imine (C=N–C) groups is 1. The normalized spacial score (nSPS) is 17.4. The number of anilines is 1. The Morgan fingerprint density at radius 3 is 2.96 bits per heavy atom. The van der Waals surface area contributed by atoms with Crippen LogP contribution >= 0.6 is 0 Å². The number of rotatable bonds is 8. The first kappa shape index (κ1) is 20.2. The molecule has 0 radical (unpaired) electrons. The summed E-state index contributed by atoms with van der Waals surface area (Å²) in [6.45, 7) is 6.13. The van der Waals surface area contributed by atoms with E-state index in [1.54, 1.807) is 14.2 Å². The molecular formula is C19H30N4O3. The summed E-state index contributed by atoms with van der Waals surface area (Å²) >= 11 is 0. The van der Waals surface area contributed by atoms with Crippen molar-refractivity contribution in [2.45, 2.75) is 19.9 Å². The van der Waals surface area contributed by atoms with E-state index in [0.29, 0.717) is 25.7 Å². The molecule has 1 aliphatic rings. The first-order valence-electron chi connectivity index (χ1n) is 9.01. The van der Waals surface area contributed by atoms with E-state index in [4.69, 9.17) is 9.47 Å². The van der Waals surface area contributed by atoms with Gasteiger partial charge in [-0.25, -0.2) is 0 Å². The van der Waals surface area contributed by atoms with Gasteiger partial charge in [0.1, 0.15) is 0 Å². The SMILES string of the molecule is CN=C(NCc1cccc(NC(C)=O)c1)N1CCC(COCCOC)C1. The number of nitrogens with zero attached hydrogens (tertiary/aromatic N) is 2. The molecule has 2 rings (SSSR count). The maximum Gasteiger partial charge on any atom is 0.221 e. The number of carbonyl (C=O) groups excluding carboxylic acids is 1. The average molecular weight is 362 g/mol. The molecule has 0 bridgehead atoms. The number of guanidine groups is 1. The average Bonchev–Trinajstić information content (AvgIpc) is 3.08. The molecule has 0 saturated carbocycles. The van der Waals surface area contributed by atoms with Crippen LogP contribution in [0.25, 0.3) is 0 Å². The summed E-state index contributed by atoms with van der Waals surface area (Å²) < 4.78 is 10.6. The van der Waals surface area contributed by atoms with E-state index in [1.165, 1.54) is 6.92 Å². The van der Waals surface area contributed by atoms with E-state index in [0.717, 1.165) is 43.3 Å². The Balaban J connectivity index is 1.80. The minimum Gasteiger partial charge on any atom is -0.382 e. The number of methoxy groups -OCH3 is 1. The summed E-state index contributed by atoms with van der Waals surface area (Å²) in [5.41, 5.74) is 1.90. The lowest BCUT2D eigenvalue weighted by molar-refractivity contribution is -0.114. The predicted molar refractivity (Wildman–Crippen MR) is 103 cm³/mol. The first-order valence-corrected chi connectivity index (χ1v) is 9.01. The lowest BCUT2D eigenvalue weighted by Crippen LogP contribution is -2.39. The van der Waals surface area contributed by atoms with Crippen LogP contribution in [-0.2, 0) is 20.8 Å². The Morgan fingerprint density at radius 2 is 2.23 bits per heavy atom. The third-order valence-corrected chi connectivity index (χ3v) is 4.28. The van der Waals surface area contributed by atoms with Crippen LogP contribution in [0.1, 0.15) is 18.9 Å². The molecular weight excluding hydrogens is 332 g/mol. The van der Waals surface area contributed by atoms with Gasteiger partial charge in [0.25, 0.3) is 0 Å². The molecule has 1 heterocycles. The highest BCUT2D eigenvalue weighted by molar-refractivity contribution is 5.88. The Morgan fingerprint density at radius 1 is 1.38 bits per heavy atom. The molecule has 0 aromatic heterocycles. The molecule has 144 valence electrons. The fourth-order valence-corrected chi connectivity index (χ4v) is 3.03. The zero-order chi connectivity index (χ0) is 18.8. The summed E-state index contributed by atoms with van der Waals surface area (Å²) in [4.78, 5) is 17.9. The van der Waals surface area contributed by atoms with Crippen LogP contribution in [0, 0.1) is 5.92 Å². The minimum absolute atomic E-state index is 0.0678. The van der Waals surface area contributed by atoms with Gasteiger partial charge in [-0.3, -0.25) is 9.79 Å². The molecule has 1 atom stereocenters. The quantitative estimate of drug-likeness (QED) is 0.418. The minimum atomic E-state index is -0.0678. The topological polar surface area (TPSA) is 75.2 Å². The molecule has 2 N–H and O–H groups in total. The van der Waals surface area contributed by atoms with Crippen molar-refractivity contribution in [2.24, 2.45) is 10.9 Å². The molecule has 1 aliphatic heterocycles. The summed E-state index contributed by atoms with van der Waals surface area (Å²) in [7, 11) is 3.49. The molecule has 7 nitrogen and oxygen atoms in total. The van der Waals surface area contributed by atoms with E-state index in [2.05, 4.69) is 20.5 Å². The zero-order valence-corrected chi connectivity index (χ0v) is 16.0. The number of amides is 1. The van der Waals surface area contributed by atoms with Gasteiger partial charge >= 0.3 is 0 Å². The molecule has 0 spiro atoms. The Bertz CT molecular complexity index is 606. The fourth-order valence-electron chi connectivity index (χ4n) is 3.03. The lowest BCUT2D eigenvalue weighted by atomic mass is 10.1. The highest BCUT2D eigenvalue weighted by Gasteiger charge is 2.24. The largest absolute Gasteiger partial charge is 0.382 e. The molecule has 1 aromatic carbocycles. The number of hydrogen-bond donors (Lipinski definition) is 2. The fraction of sp³-hybridized carbons (Fsp3) is 0.579. The van der Waals surface area contributed by atoms with Gasteiger partial charge in [0.05, 0.1) is 19.8 Å². The monoisotopic (exact) mass is 362 g/mol. The number of hydrogen-bond acceptors (Lipinski definition) is 4. The van der Waals surface area contributed by atoms with Crippen molar-refractivity contribution in [1.82, 2.24) is 10.2 Å². The molecule has 1 saturated heterocycles. The molecule has 1 amide bonds. The number of likely N-dealkylation sites (tertiary alicyclic amines) is 1. The molecule has 26 heavy (non-hydrogen) atoms. The second-order valence-corrected chi connectivity index (χ2v) is 6.45. The van der Waals surface area contributed by atoms with E-state index >= 15 is 0 Å². The van der Waals surface area contributed by atoms with Crippen LogP contribution in [0.3, 0.4) is 0 Å². The standard InChI is InChI=1S/C19H30N4O3/c1-15(24)22-18-6-4-5-16(11-18)12-21-19(20-2)23-8-7-17(13-23)14-26-10-9-25-3/h4-6,11,17H,7-10,12-14H2,1-3H3,(H,20,21)(H,22,24). The van der Waals surface area contributed by atoms with E-state index in [-0.39, 0.29) is 5.91 Å². The van der Waals surface area contributed by atoms with Crippen molar-refractivity contribution in [3.05, 3.63) is 29.8 Å². The second-order valence-electron chi connectivity index (χ2n) is 6.45. The Labute approximate surface area is 155 Å². The molecule has 0 aliphatic carbocycles. The van der Waals surface area contributed by atoms with E-state index in [1.807, 2.05) is 24.3 Å². The summed E-state index contributed by atoms with van der Waals surface area (Å²) in [5.74, 6) is 1.35. The Kier molecular flexibility index (Phi) is 8.37. The van der Waals surface area contributed by atoms with Crippen molar-refractivity contribution in [1.29, 1.82) is 0 Å². The Hall–Kier alpha value is -2.12. The van der Waals surface area contributed by atoms with Crippen LogP contribution in [0.5, 0.6) is 0 Å². The lowest BCUT2D eigenvalue weighted by Gasteiger charge is -2.22. The third kappa shape index (κ3) is 6.65. The van der Waals surface area contributed by atoms with Crippen LogP contribution in [0.15, 0.2) is 29.3 Å². The molecule has 1 unspecified atom stereocenters. The maximum absolute atomic E-state index is 11.2. The van der Waals surface area contributed by atoms with Crippen LogP contribution in [-0.4, -0.2) is 63.8 Å². The van der Waals surface area contributed by atoms with Crippen LogP contribution < -0.4 is 10.6 Å². The van der Waals surface area contributed by atoms with Crippen molar-refractivity contribution in [3.8, 4) is 0 Å². The van der Waals surface area contributed by atoms with Gasteiger partial charge in [0.2, 0.25) is 5.91 Å². The maximum atomic E-state index is 11.2. The van der Waals surface area contributed by atoms with Gasteiger partial charge in [-0.05, 0) is 24.1 Å². The highest BCUT2D eigenvalue weighted by Crippen LogP contribution is 2.17. The second kappa shape index (κ2) is 10.8. The van der Waals surface area contributed by atoms with Gasteiger partial charge in [-0.1, -0.05) is 12.1 Å². The van der Waals surface area contributed by atoms with Crippen molar-refractivity contribution in [3.63, 3.8) is 0 Å². The van der Waals surface area contributed by atoms with Gasteiger partial charge in [-0.2, -0.15) is 0 Å². The summed E-state index contributed by atoms with van der Waals surface area (Å²) in [6, 6.07) is 7.82.